The lowest BCUT2D eigenvalue weighted by atomic mass is 9.91. The molecule has 1 heterocycles. The summed E-state index contributed by atoms with van der Waals surface area (Å²) in [7, 11) is -0.102. The molecule has 0 aromatic heterocycles. The van der Waals surface area contributed by atoms with Crippen molar-refractivity contribution < 1.29 is 18.6 Å². The van der Waals surface area contributed by atoms with Gasteiger partial charge in [0.15, 0.2) is 14.1 Å². The largest absolute Gasteiger partial charge is 0.411 e. The third kappa shape index (κ3) is 4.27. The summed E-state index contributed by atoms with van der Waals surface area (Å²) in [5, 5.41) is 0.193. The molecule has 2 fully saturated rings. The van der Waals surface area contributed by atoms with Gasteiger partial charge >= 0.3 is 0 Å². The molecule has 1 aliphatic heterocycles. The van der Waals surface area contributed by atoms with Crippen LogP contribution >= 0.6 is 0 Å². The third-order valence-corrected chi connectivity index (χ3v) is 11.3. The Balaban J connectivity index is 1.80. The van der Waals surface area contributed by atoms with Gasteiger partial charge in [-0.05, 0) is 43.8 Å². The van der Waals surface area contributed by atoms with E-state index in [4.69, 9.17) is 18.6 Å². The molecule has 0 bridgehead atoms. The Labute approximate surface area is 160 Å². The normalized spacial score (nSPS) is 31.8. The Morgan fingerprint density at radius 1 is 1.15 bits per heavy atom. The second-order valence-corrected chi connectivity index (χ2v) is 14.6. The Morgan fingerprint density at radius 2 is 1.85 bits per heavy atom. The third-order valence-electron chi connectivity index (χ3n) is 6.75. The van der Waals surface area contributed by atoms with Crippen LogP contribution in [0.4, 0.5) is 0 Å². The highest BCUT2D eigenvalue weighted by molar-refractivity contribution is 6.74. The lowest BCUT2D eigenvalue weighted by Crippen LogP contribution is -2.50. The van der Waals surface area contributed by atoms with Gasteiger partial charge in [-0.3, -0.25) is 0 Å². The molecule has 0 radical (unpaired) electrons. The van der Waals surface area contributed by atoms with Crippen molar-refractivity contribution >= 4 is 8.32 Å². The van der Waals surface area contributed by atoms with Gasteiger partial charge in [-0.2, -0.15) is 0 Å². The number of ether oxygens (including phenoxy) is 3. The molecule has 3 atom stereocenters. The Bertz CT molecular complexity index is 517. The van der Waals surface area contributed by atoms with Gasteiger partial charge in [0.2, 0.25) is 0 Å². The van der Waals surface area contributed by atoms with Crippen LogP contribution in [0.2, 0.25) is 18.1 Å². The zero-order chi connectivity index (χ0) is 19.0. The summed E-state index contributed by atoms with van der Waals surface area (Å²) in [6.07, 6.45) is 10.1. The summed E-state index contributed by atoms with van der Waals surface area (Å²) in [6.45, 7) is 12.3. The van der Waals surface area contributed by atoms with Gasteiger partial charge in [-0.25, -0.2) is 0 Å². The summed E-state index contributed by atoms with van der Waals surface area (Å²) in [4.78, 5) is 0. The highest BCUT2D eigenvalue weighted by Gasteiger charge is 2.53. The van der Waals surface area contributed by atoms with E-state index in [2.05, 4.69) is 39.9 Å². The second kappa shape index (κ2) is 7.67. The van der Waals surface area contributed by atoms with Crippen LogP contribution in [-0.4, -0.2) is 46.1 Å². The standard InChI is InChI=1S/C21H38O4Si/c1-20(2,3)26(5,6)25-18-15-16(10-13-22-4)14-17-19(18)24-21(23-17)11-8-7-9-12-21/h14,17-19H,7-13,15H2,1-6H3/t17-,18+,19-/m0/s1. The lowest BCUT2D eigenvalue weighted by molar-refractivity contribution is -0.197. The van der Waals surface area contributed by atoms with Crippen molar-refractivity contribution in [3.8, 4) is 0 Å². The van der Waals surface area contributed by atoms with E-state index in [9.17, 15) is 0 Å². The molecule has 4 nitrogen and oxygen atoms in total. The van der Waals surface area contributed by atoms with E-state index in [1.54, 1.807) is 7.11 Å². The molecule has 0 aromatic rings. The Morgan fingerprint density at radius 3 is 2.46 bits per heavy atom. The topological polar surface area (TPSA) is 36.9 Å². The highest BCUT2D eigenvalue weighted by Crippen LogP contribution is 2.47. The van der Waals surface area contributed by atoms with E-state index < -0.39 is 8.32 Å². The van der Waals surface area contributed by atoms with E-state index in [1.807, 2.05) is 0 Å². The average Bonchev–Trinajstić information content (AvgIpc) is 2.90. The van der Waals surface area contributed by atoms with Crippen LogP contribution < -0.4 is 0 Å². The molecule has 3 rings (SSSR count). The van der Waals surface area contributed by atoms with Crippen molar-refractivity contribution in [1.29, 1.82) is 0 Å². The molecule has 0 aromatic carbocycles. The van der Waals surface area contributed by atoms with E-state index in [0.29, 0.717) is 0 Å². The molecule has 0 amide bonds. The predicted molar refractivity (Wildman–Crippen MR) is 107 cm³/mol. The zero-order valence-corrected chi connectivity index (χ0v) is 18.6. The Kier molecular flexibility index (Phi) is 6.05. The minimum Gasteiger partial charge on any atom is -0.411 e. The maximum Gasteiger partial charge on any atom is 0.192 e. The monoisotopic (exact) mass is 382 g/mol. The molecule has 0 N–H and O–H groups in total. The smallest absolute Gasteiger partial charge is 0.192 e. The number of methoxy groups -OCH3 is 1. The molecule has 150 valence electrons. The van der Waals surface area contributed by atoms with Gasteiger partial charge in [0, 0.05) is 26.6 Å². The average molecular weight is 383 g/mol. The van der Waals surface area contributed by atoms with Crippen LogP contribution in [0.25, 0.3) is 0 Å². The van der Waals surface area contributed by atoms with Crippen LogP contribution in [0.1, 0.15) is 65.7 Å². The predicted octanol–water partition coefficient (Wildman–Crippen LogP) is 5.19. The summed E-state index contributed by atoms with van der Waals surface area (Å²) >= 11 is 0. The number of fused-ring (bicyclic) bond motifs is 1. The first-order valence-corrected chi connectivity index (χ1v) is 13.3. The molecule has 1 saturated carbocycles. The first kappa shape index (κ1) is 20.5. The fraction of sp³-hybridized carbons (Fsp3) is 0.905. The van der Waals surface area contributed by atoms with Crippen molar-refractivity contribution in [2.24, 2.45) is 0 Å². The van der Waals surface area contributed by atoms with Gasteiger partial charge < -0.3 is 18.6 Å². The summed E-state index contributed by atoms with van der Waals surface area (Å²) in [5.74, 6) is -0.365. The minimum atomic E-state index is -1.87. The molecule has 0 unspecified atom stereocenters. The highest BCUT2D eigenvalue weighted by atomic mass is 28.4. The van der Waals surface area contributed by atoms with Gasteiger partial charge in [0.05, 0.1) is 6.10 Å². The maximum absolute atomic E-state index is 6.85. The fourth-order valence-corrected chi connectivity index (χ4v) is 5.49. The van der Waals surface area contributed by atoms with Crippen molar-refractivity contribution in [2.45, 2.75) is 108 Å². The molecular formula is C21H38O4Si. The lowest BCUT2D eigenvalue weighted by Gasteiger charge is -2.42. The van der Waals surface area contributed by atoms with Crippen LogP contribution in [-0.2, 0) is 18.6 Å². The van der Waals surface area contributed by atoms with Crippen LogP contribution in [0.15, 0.2) is 11.6 Å². The van der Waals surface area contributed by atoms with E-state index in [-0.39, 0.29) is 29.1 Å². The molecule has 3 aliphatic rings. The van der Waals surface area contributed by atoms with Crippen molar-refractivity contribution in [3.63, 3.8) is 0 Å². The van der Waals surface area contributed by atoms with Crippen molar-refractivity contribution in [2.75, 3.05) is 13.7 Å². The summed E-state index contributed by atoms with van der Waals surface area (Å²) in [6, 6.07) is 0. The molecular weight excluding hydrogens is 344 g/mol. The Hall–Kier alpha value is -0.203. The SMILES string of the molecule is COCCC1=C[C@@H]2OC3(CCCCC3)O[C@@H]2[C@H](O[Si](C)(C)C(C)(C)C)C1. The van der Waals surface area contributed by atoms with Crippen LogP contribution in [0.3, 0.4) is 0 Å². The maximum atomic E-state index is 6.85. The first-order valence-electron chi connectivity index (χ1n) is 10.4. The zero-order valence-electron chi connectivity index (χ0n) is 17.6. The van der Waals surface area contributed by atoms with Gasteiger partial charge in [0.1, 0.15) is 12.2 Å². The van der Waals surface area contributed by atoms with Crippen molar-refractivity contribution in [1.82, 2.24) is 0 Å². The van der Waals surface area contributed by atoms with Crippen molar-refractivity contribution in [3.05, 3.63) is 11.6 Å². The first-order chi connectivity index (χ1) is 12.2. The number of hydrogen-bond donors (Lipinski definition) is 0. The second-order valence-electron chi connectivity index (χ2n) is 9.82. The quantitative estimate of drug-likeness (QED) is 0.484. The molecule has 1 spiro atoms. The summed E-state index contributed by atoms with van der Waals surface area (Å²) < 4.78 is 25.3. The van der Waals surface area contributed by atoms with Gasteiger partial charge in [-0.15, -0.1) is 0 Å². The van der Waals surface area contributed by atoms with Gasteiger partial charge in [0.25, 0.3) is 0 Å². The van der Waals surface area contributed by atoms with Crippen LogP contribution in [0.5, 0.6) is 0 Å². The van der Waals surface area contributed by atoms with E-state index in [0.717, 1.165) is 32.3 Å². The number of rotatable bonds is 5. The molecule has 2 aliphatic carbocycles. The number of hydrogen-bond acceptors (Lipinski definition) is 4. The minimum absolute atomic E-state index is 0.0310. The van der Waals surface area contributed by atoms with Crippen LogP contribution in [0, 0.1) is 0 Å². The van der Waals surface area contributed by atoms with E-state index in [1.165, 1.54) is 24.8 Å². The molecule has 5 heteroatoms. The fourth-order valence-electron chi connectivity index (χ4n) is 4.16. The summed E-state index contributed by atoms with van der Waals surface area (Å²) in [5.41, 5.74) is 1.40. The molecule has 26 heavy (non-hydrogen) atoms. The van der Waals surface area contributed by atoms with E-state index >= 15 is 0 Å². The molecule has 1 saturated heterocycles. The van der Waals surface area contributed by atoms with Gasteiger partial charge in [-0.1, -0.05) is 38.8 Å².